The van der Waals surface area contributed by atoms with Crippen LogP contribution in [0.15, 0.2) is 0 Å². The normalized spacial score (nSPS) is 16.7. The van der Waals surface area contributed by atoms with Crippen molar-refractivity contribution in [1.82, 2.24) is 16.0 Å². The number of primary amides is 1. The smallest absolute Gasteiger partial charge is 0.326 e. The van der Waals surface area contributed by atoms with Crippen LogP contribution in [0, 0.1) is 5.92 Å². The lowest BCUT2D eigenvalue weighted by atomic mass is 9.98. The van der Waals surface area contributed by atoms with Crippen molar-refractivity contribution in [2.24, 2.45) is 17.4 Å². The molecule has 0 aromatic carbocycles. The molecule has 0 rings (SSSR count). The summed E-state index contributed by atoms with van der Waals surface area (Å²) in [5.41, 5.74) is 10.6. The molecule has 10 N–H and O–H groups in total. The Morgan fingerprint density at radius 3 is 1.87 bits per heavy atom. The summed E-state index contributed by atoms with van der Waals surface area (Å²) in [4.78, 5) is 59.6. The average molecular weight is 447 g/mol. The maximum absolute atomic E-state index is 12.6. The quantitative estimate of drug-likeness (QED) is 0.132. The van der Waals surface area contributed by atoms with Crippen molar-refractivity contribution < 1.29 is 39.3 Å². The Bertz CT molecular complexity index is 657. The number of aliphatic carboxylic acids is 1. The Morgan fingerprint density at radius 1 is 0.935 bits per heavy atom. The first-order valence-electron chi connectivity index (χ1n) is 9.82. The predicted molar refractivity (Wildman–Crippen MR) is 108 cm³/mol. The van der Waals surface area contributed by atoms with Gasteiger partial charge >= 0.3 is 5.97 Å². The molecule has 0 aliphatic rings. The van der Waals surface area contributed by atoms with Crippen LogP contribution in [0.1, 0.15) is 40.0 Å². The van der Waals surface area contributed by atoms with E-state index in [-0.39, 0.29) is 12.8 Å². The minimum Gasteiger partial charge on any atom is -0.480 e. The Balaban J connectivity index is 5.40. The number of carbonyl (C=O) groups excluding carboxylic acids is 4. The second-order valence-electron chi connectivity index (χ2n) is 7.29. The van der Waals surface area contributed by atoms with E-state index in [4.69, 9.17) is 11.5 Å². The van der Waals surface area contributed by atoms with Crippen molar-refractivity contribution in [3.8, 4) is 0 Å². The molecule has 13 heteroatoms. The highest BCUT2D eigenvalue weighted by Crippen LogP contribution is 2.09. The second-order valence-corrected chi connectivity index (χ2v) is 7.29. The van der Waals surface area contributed by atoms with Crippen molar-refractivity contribution in [2.75, 3.05) is 6.61 Å². The molecule has 13 nitrogen and oxygen atoms in total. The summed E-state index contributed by atoms with van der Waals surface area (Å²) in [6.07, 6.45) is -1.29. The highest BCUT2D eigenvalue weighted by atomic mass is 16.4. The van der Waals surface area contributed by atoms with Crippen LogP contribution in [-0.4, -0.2) is 81.8 Å². The van der Waals surface area contributed by atoms with Gasteiger partial charge in [-0.1, -0.05) is 20.3 Å². The first-order chi connectivity index (χ1) is 14.3. The van der Waals surface area contributed by atoms with E-state index < -0.39 is 72.4 Å². The molecule has 31 heavy (non-hydrogen) atoms. The van der Waals surface area contributed by atoms with E-state index in [1.54, 1.807) is 13.8 Å². The van der Waals surface area contributed by atoms with Gasteiger partial charge in [-0.15, -0.1) is 0 Å². The number of amides is 4. The van der Waals surface area contributed by atoms with Crippen LogP contribution in [0.4, 0.5) is 0 Å². The minimum absolute atomic E-state index is 0.237. The number of carboxylic acids is 1. The Morgan fingerprint density at radius 2 is 1.45 bits per heavy atom. The Labute approximate surface area is 179 Å². The van der Waals surface area contributed by atoms with Crippen LogP contribution in [-0.2, 0) is 24.0 Å². The molecule has 0 aromatic rings. The van der Waals surface area contributed by atoms with Gasteiger partial charge in [0.25, 0.3) is 0 Å². The summed E-state index contributed by atoms with van der Waals surface area (Å²) in [5.74, 6) is -5.20. The van der Waals surface area contributed by atoms with E-state index in [0.29, 0.717) is 6.42 Å². The van der Waals surface area contributed by atoms with Crippen LogP contribution in [0.3, 0.4) is 0 Å². The Hall–Kier alpha value is -2.77. The number of hydrogen-bond donors (Lipinski definition) is 8. The molecule has 0 fully saturated rings. The fourth-order valence-electron chi connectivity index (χ4n) is 2.45. The molecule has 0 aliphatic carbocycles. The zero-order chi connectivity index (χ0) is 24.3. The van der Waals surface area contributed by atoms with Crippen LogP contribution in [0.2, 0.25) is 0 Å². The predicted octanol–water partition coefficient (Wildman–Crippen LogP) is -3.46. The number of aliphatic hydroxyl groups excluding tert-OH is 2. The first kappa shape index (κ1) is 28.2. The zero-order valence-electron chi connectivity index (χ0n) is 17.8. The third kappa shape index (κ3) is 9.72. The van der Waals surface area contributed by atoms with Gasteiger partial charge in [0.05, 0.1) is 12.7 Å². The van der Waals surface area contributed by atoms with E-state index in [1.807, 2.05) is 0 Å². The van der Waals surface area contributed by atoms with Crippen molar-refractivity contribution in [3.63, 3.8) is 0 Å². The largest absolute Gasteiger partial charge is 0.480 e. The molecular formula is C18H33N5O8. The fraction of sp³-hybridized carbons (Fsp3) is 0.722. The SMILES string of the molecule is CCC(C)C(NC(=O)C(CCC(N)=O)NC(=O)C(CO)NC(=O)C(N)C(C)O)C(=O)O. The van der Waals surface area contributed by atoms with Crippen molar-refractivity contribution in [3.05, 3.63) is 0 Å². The number of nitrogens with two attached hydrogens (primary N) is 2. The van der Waals surface area contributed by atoms with Crippen molar-refractivity contribution in [1.29, 1.82) is 0 Å². The van der Waals surface area contributed by atoms with Gasteiger partial charge in [0.15, 0.2) is 0 Å². The summed E-state index contributed by atoms with van der Waals surface area (Å²) in [6, 6.07) is -5.46. The van der Waals surface area contributed by atoms with Gasteiger partial charge in [-0.05, 0) is 19.3 Å². The summed E-state index contributed by atoms with van der Waals surface area (Å²) in [6.45, 7) is 3.78. The topological polar surface area (TPSA) is 234 Å². The summed E-state index contributed by atoms with van der Waals surface area (Å²) in [5, 5.41) is 34.8. The third-order valence-corrected chi connectivity index (χ3v) is 4.73. The molecule has 178 valence electrons. The molecule has 0 bridgehead atoms. The molecule has 6 atom stereocenters. The molecule has 0 heterocycles. The first-order valence-corrected chi connectivity index (χ1v) is 9.82. The maximum atomic E-state index is 12.6. The van der Waals surface area contributed by atoms with E-state index in [2.05, 4.69) is 16.0 Å². The average Bonchev–Trinajstić information content (AvgIpc) is 2.70. The van der Waals surface area contributed by atoms with E-state index in [1.165, 1.54) is 6.92 Å². The second kappa shape index (κ2) is 13.5. The van der Waals surface area contributed by atoms with Crippen molar-refractivity contribution >= 4 is 29.6 Å². The molecule has 6 unspecified atom stereocenters. The standard InChI is InChI=1S/C18H33N5O8/c1-4-8(2)14(18(30)31)23-15(27)10(5-6-12(19)26)21-16(28)11(7-24)22-17(29)13(20)9(3)25/h8-11,13-14,24-25H,4-7,20H2,1-3H3,(H2,19,26)(H,21,28)(H,22,29)(H,23,27)(H,30,31). The molecule has 4 amide bonds. The van der Waals surface area contributed by atoms with Crippen LogP contribution < -0.4 is 27.4 Å². The summed E-state index contributed by atoms with van der Waals surface area (Å²) < 4.78 is 0. The van der Waals surface area contributed by atoms with Gasteiger partial charge in [0.2, 0.25) is 23.6 Å². The van der Waals surface area contributed by atoms with Gasteiger partial charge in [-0.3, -0.25) is 19.2 Å². The maximum Gasteiger partial charge on any atom is 0.326 e. The molecule has 0 radical (unpaired) electrons. The number of rotatable bonds is 14. The molecule has 0 saturated heterocycles. The molecule has 0 saturated carbocycles. The molecule has 0 aliphatic heterocycles. The van der Waals surface area contributed by atoms with E-state index >= 15 is 0 Å². The Kier molecular flexibility index (Phi) is 12.3. The van der Waals surface area contributed by atoms with Gasteiger partial charge in [0.1, 0.15) is 24.2 Å². The monoisotopic (exact) mass is 447 g/mol. The lowest BCUT2D eigenvalue weighted by Gasteiger charge is -2.26. The lowest BCUT2D eigenvalue weighted by Crippen LogP contribution is -2.59. The molecule has 0 spiro atoms. The summed E-state index contributed by atoms with van der Waals surface area (Å²) in [7, 11) is 0. The minimum atomic E-state index is -1.51. The third-order valence-electron chi connectivity index (χ3n) is 4.73. The number of carbonyl (C=O) groups is 5. The highest BCUT2D eigenvalue weighted by Gasteiger charge is 2.32. The zero-order valence-corrected chi connectivity index (χ0v) is 17.8. The highest BCUT2D eigenvalue weighted by molar-refractivity contribution is 5.94. The van der Waals surface area contributed by atoms with Gasteiger partial charge in [-0.2, -0.15) is 0 Å². The van der Waals surface area contributed by atoms with E-state index in [9.17, 15) is 39.3 Å². The fourth-order valence-corrected chi connectivity index (χ4v) is 2.45. The van der Waals surface area contributed by atoms with Crippen LogP contribution in [0.5, 0.6) is 0 Å². The number of carboxylic acid groups (broad SMARTS) is 1. The van der Waals surface area contributed by atoms with Crippen molar-refractivity contribution in [2.45, 2.75) is 70.3 Å². The number of nitrogens with one attached hydrogen (secondary N) is 3. The van der Waals surface area contributed by atoms with Gasteiger partial charge in [0, 0.05) is 6.42 Å². The number of aliphatic hydroxyl groups is 2. The lowest BCUT2D eigenvalue weighted by molar-refractivity contribution is -0.144. The van der Waals surface area contributed by atoms with E-state index in [0.717, 1.165) is 0 Å². The number of hydrogen-bond acceptors (Lipinski definition) is 8. The molecule has 0 aromatic heterocycles. The summed E-state index contributed by atoms with van der Waals surface area (Å²) >= 11 is 0. The van der Waals surface area contributed by atoms with Gasteiger partial charge < -0.3 is 42.7 Å². The van der Waals surface area contributed by atoms with Crippen LogP contribution in [0.25, 0.3) is 0 Å². The molecular weight excluding hydrogens is 414 g/mol. The van der Waals surface area contributed by atoms with Crippen LogP contribution >= 0.6 is 0 Å². The van der Waals surface area contributed by atoms with Gasteiger partial charge in [-0.25, -0.2) is 4.79 Å².